The van der Waals surface area contributed by atoms with E-state index in [4.69, 9.17) is 0 Å². The summed E-state index contributed by atoms with van der Waals surface area (Å²) in [5.41, 5.74) is 4.96. The van der Waals surface area contributed by atoms with Crippen molar-refractivity contribution >= 4 is 5.78 Å². The number of hydrogen-bond donors (Lipinski definition) is 1. The van der Waals surface area contributed by atoms with Crippen molar-refractivity contribution in [3.63, 3.8) is 0 Å². The van der Waals surface area contributed by atoms with Gasteiger partial charge < -0.3 is 5.32 Å². The van der Waals surface area contributed by atoms with Crippen molar-refractivity contribution in [1.82, 2.24) is 5.32 Å². The Bertz CT molecular complexity index is 774. The van der Waals surface area contributed by atoms with E-state index < -0.39 is 0 Å². The monoisotopic (exact) mass is 301 g/mol. The van der Waals surface area contributed by atoms with Gasteiger partial charge in [0.2, 0.25) is 0 Å². The van der Waals surface area contributed by atoms with Gasteiger partial charge in [0, 0.05) is 17.7 Å². The number of benzene rings is 3. The summed E-state index contributed by atoms with van der Waals surface area (Å²) in [6.45, 7) is 0.866. The maximum absolute atomic E-state index is 12.4. The number of nitrogens with one attached hydrogen (secondary N) is 1. The predicted molar refractivity (Wildman–Crippen MR) is 94.5 cm³/mol. The van der Waals surface area contributed by atoms with Gasteiger partial charge in [0.25, 0.3) is 0 Å². The quantitative estimate of drug-likeness (QED) is 0.712. The molecule has 0 unspecified atom stereocenters. The van der Waals surface area contributed by atoms with Gasteiger partial charge in [0.1, 0.15) is 0 Å². The first-order chi connectivity index (χ1) is 11.3. The van der Waals surface area contributed by atoms with Gasteiger partial charge in [-0.2, -0.15) is 0 Å². The number of carbonyl (C=O) groups is 1. The molecule has 2 nitrogen and oxygen atoms in total. The Balaban J connectivity index is 1.80. The molecule has 0 aliphatic carbocycles. The lowest BCUT2D eigenvalue weighted by molar-refractivity contribution is 0.103. The molecule has 0 spiro atoms. The maximum Gasteiger partial charge on any atom is 0.193 e. The molecule has 0 bridgehead atoms. The molecule has 3 aromatic carbocycles. The molecular weight excluding hydrogens is 282 g/mol. The van der Waals surface area contributed by atoms with Crippen LogP contribution in [0.25, 0.3) is 11.1 Å². The first-order valence-electron chi connectivity index (χ1n) is 7.71. The Kier molecular flexibility index (Phi) is 4.65. The van der Waals surface area contributed by atoms with Crippen molar-refractivity contribution in [2.24, 2.45) is 0 Å². The Morgan fingerprint density at radius 1 is 0.739 bits per heavy atom. The van der Waals surface area contributed by atoms with Gasteiger partial charge in [-0.25, -0.2) is 0 Å². The van der Waals surface area contributed by atoms with E-state index in [0.717, 1.165) is 23.2 Å². The zero-order chi connectivity index (χ0) is 16.1. The van der Waals surface area contributed by atoms with Crippen molar-refractivity contribution in [2.75, 3.05) is 7.05 Å². The van der Waals surface area contributed by atoms with Crippen LogP contribution in [-0.4, -0.2) is 12.8 Å². The van der Waals surface area contributed by atoms with Gasteiger partial charge in [-0.15, -0.1) is 0 Å². The minimum absolute atomic E-state index is 0.0570. The summed E-state index contributed by atoms with van der Waals surface area (Å²) in [4.78, 5) is 12.4. The number of hydrogen-bond acceptors (Lipinski definition) is 2. The van der Waals surface area contributed by atoms with Gasteiger partial charge in [0.05, 0.1) is 0 Å². The third-order valence-electron chi connectivity index (χ3n) is 3.85. The first-order valence-corrected chi connectivity index (χ1v) is 7.71. The fourth-order valence-corrected chi connectivity index (χ4v) is 2.59. The van der Waals surface area contributed by atoms with E-state index in [9.17, 15) is 4.79 Å². The Morgan fingerprint density at radius 2 is 1.26 bits per heavy atom. The Hall–Kier alpha value is -2.71. The largest absolute Gasteiger partial charge is 0.316 e. The molecule has 0 radical (unpaired) electrons. The third-order valence-corrected chi connectivity index (χ3v) is 3.85. The number of ketones is 1. The normalized spacial score (nSPS) is 10.5. The summed E-state index contributed by atoms with van der Waals surface area (Å²) >= 11 is 0. The zero-order valence-corrected chi connectivity index (χ0v) is 13.1. The van der Waals surface area contributed by atoms with Crippen LogP contribution in [0, 0.1) is 0 Å². The van der Waals surface area contributed by atoms with Crippen LogP contribution in [0.15, 0.2) is 78.9 Å². The first kappa shape index (κ1) is 15.2. The van der Waals surface area contributed by atoms with Crippen LogP contribution in [0.5, 0.6) is 0 Å². The molecule has 3 rings (SSSR count). The summed E-state index contributed by atoms with van der Waals surface area (Å²) in [6, 6.07) is 25.6. The van der Waals surface area contributed by atoms with Crippen LogP contribution in [0.2, 0.25) is 0 Å². The van der Waals surface area contributed by atoms with E-state index in [-0.39, 0.29) is 5.78 Å². The summed E-state index contributed by atoms with van der Waals surface area (Å²) in [5, 5.41) is 3.14. The summed E-state index contributed by atoms with van der Waals surface area (Å²) in [7, 11) is 1.94. The van der Waals surface area contributed by atoms with Gasteiger partial charge in [0.15, 0.2) is 5.78 Å². The molecule has 0 fully saturated rings. The van der Waals surface area contributed by atoms with E-state index >= 15 is 0 Å². The molecule has 0 heterocycles. The molecular formula is C21H19NO. The minimum atomic E-state index is 0.0570. The highest BCUT2D eigenvalue weighted by molar-refractivity contribution is 6.09. The van der Waals surface area contributed by atoms with Crippen molar-refractivity contribution in [3.8, 4) is 11.1 Å². The van der Waals surface area contributed by atoms with Gasteiger partial charge in [-0.1, -0.05) is 78.9 Å². The molecule has 3 aromatic rings. The lowest BCUT2D eigenvalue weighted by atomic mass is 9.99. The van der Waals surface area contributed by atoms with E-state index in [1.54, 1.807) is 0 Å². The smallest absolute Gasteiger partial charge is 0.193 e. The lowest BCUT2D eigenvalue weighted by Crippen LogP contribution is -2.04. The highest BCUT2D eigenvalue weighted by Crippen LogP contribution is 2.21. The van der Waals surface area contributed by atoms with E-state index in [0.29, 0.717) is 5.56 Å². The Morgan fingerprint density at radius 3 is 1.83 bits per heavy atom. The summed E-state index contributed by atoms with van der Waals surface area (Å²) in [5.74, 6) is 0.0570. The molecule has 0 aromatic heterocycles. The second-order valence-corrected chi connectivity index (χ2v) is 5.50. The molecule has 0 amide bonds. The molecule has 2 heteroatoms. The average Bonchev–Trinajstić information content (AvgIpc) is 2.63. The summed E-state index contributed by atoms with van der Waals surface area (Å²) in [6.07, 6.45) is 0. The van der Waals surface area contributed by atoms with Crippen LogP contribution in [0.3, 0.4) is 0 Å². The molecule has 0 aliphatic heterocycles. The highest BCUT2D eigenvalue weighted by Gasteiger charge is 2.08. The van der Waals surface area contributed by atoms with Gasteiger partial charge >= 0.3 is 0 Å². The molecule has 1 N–H and O–H groups in total. The molecule has 0 aliphatic rings. The second kappa shape index (κ2) is 7.03. The molecule has 23 heavy (non-hydrogen) atoms. The molecule has 0 saturated carbocycles. The van der Waals surface area contributed by atoms with E-state index in [1.165, 1.54) is 5.56 Å². The van der Waals surface area contributed by atoms with Crippen molar-refractivity contribution in [2.45, 2.75) is 6.54 Å². The maximum atomic E-state index is 12.4. The lowest BCUT2D eigenvalue weighted by Gasteiger charge is -2.06. The zero-order valence-electron chi connectivity index (χ0n) is 13.1. The van der Waals surface area contributed by atoms with Crippen molar-refractivity contribution in [1.29, 1.82) is 0 Å². The fourth-order valence-electron chi connectivity index (χ4n) is 2.59. The Labute approximate surface area is 136 Å². The molecule has 0 atom stereocenters. The predicted octanol–water partition coefficient (Wildman–Crippen LogP) is 4.30. The number of carbonyl (C=O) groups excluding carboxylic acids is 1. The van der Waals surface area contributed by atoms with E-state index in [1.807, 2.05) is 61.6 Å². The van der Waals surface area contributed by atoms with Crippen LogP contribution in [0.4, 0.5) is 0 Å². The standard InChI is InChI=1S/C21H19NO/c1-22-15-16-7-9-17(10-8-16)18-11-13-20(14-12-18)21(23)19-5-3-2-4-6-19/h2-14,22H,15H2,1H3. The molecule has 0 saturated heterocycles. The van der Waals surface area contributed by atoms with Crippen LogP contribution < -0.4 is 5.32 Å². The third kappa shape index (κ3) is 3.55. The van der Waals surface area contributed by atoms with Crippen LogP contribution in [0.1, 0.15) is 21.5 Å². The highest BCUT2D eigenvalue weighted by atomic mass is 16.1. The minimum Gasteiger partial charge on any atom is -0.316 e. The molecule has 114 valence electrons. The topological polar surface area (TPSA) is 29.1 Å². The SMILES string of the molecule is CNCc1ccc(-c2ccc(C(=O)c3ccccc3)cc2)cc1. The van der Waals surface area contributed by atoms with Crippen molar-refractivity contribution in [3.05, 3.63) is 95.6 Å². The summed E-state index contributed by atoms with van der Waals surface area (Å²) < 4.78 is 0. The van der Waals surface area contributed by atoms with Crippen LogP contribution in [-0.2, 0) is 6.54 Å². The van der Waals surface area contributed by atoms with Crippen LogP contribution >= 0.6 is 0 Å². The van der Waals surface area contributed by atoms with E-state index in [2.05, 4.69) is 29.6 Å². The van der Waals surface area contributed by atoms with Crippen molar-refractivity contribution < 1.29 is 4.79 Å². The van der Waals surface area contributed by atoms with Gasteiger partial charge in [-0.3, -0.25) is 4.79 Å². The fraction of sp³-hybridized carbons (Fsp3) is 0.0952. The average molecular weight is 301 g/mol. The number of rotatable bonds is 5. The van der Waals surface area contributed by atoms with Gasteiger partial charge in [-0.05, 0) is 23.7 Å². The second-order valence-electron chi connectivity index (χ2n) is 5.50.